The Morgan fingerprint density at radius 2 is 2.45 bits per heavy atom. The van der Waals surface area contributed by atoms with E-state index in [0.29, 0.717) is 6.42 Å². The first kappa shape index (κ1) is 8.55. The van der Waals surface area contributed by atoms with Crippen LogP contribution in [-0.4, -0.2) is 10.7 Å². The van der Waals surface area contributed by atoms with E-state index in [1.807, 2.05) is 6.07 Å². The molecule has 2 atom stereocenters. The van der Waals surface area contributed by atoms with Crippen LogP contribution in [0.15, 0.2) is 0 Å². The third kappa shape index (κ3) is 1.54. The summed E-state index contributed by atoms with van der Waals surface area (Å²) >= 11 is 0. The van der Waals surface area contributed by atoms with E-state index in [9.17, 15) is 5.11 Å². The second kappa shape index (κ2) is 3.23. The second-order valence-electron chi connectivity index (χ2n) is 3.41. The first-order chi connectivity index (χ1) is 5.23. The molecule has 1 fully saturated rings. The maximum absolute atomic E-state index is 9.73. The number of nitrogens with zero attached hydrogens (tertiary/aromatic N) is 1. The van der Waals surface area contributed by atoms with Crippen molar-refractivity contribution in [1.82, 2.24) is 0 Å². The zero-order valence-electron chi connectivity index (χ0n) is 7.01. The van der Waals surface area contributed by atoms with E-state index in [4.69, 9.17) is 5.26 Å². The van der Waals surface area contributed by atoms with Crippen LogP contribution in [0.1, 0.15) is 39.0 Å². The van der Waals surface area contributed by atoms with Crippen molar-refractivity contribution < 1.29 is 5.11 Å². The highest BCUT2D eigenvalue weighted by molar-refractivity contribution is 5.07. The van der Waals surface area contributed by atoms with Gasteiger partial charge >= 0.3 is 0 Å². The van der Waals surface area contributed by atoms with Gasteiger partial charge in [-0.15, -0.1) is 0 Å². The van der Waals surface area contributed by atoms with E-state index in [0.717, 1.165) is 25.7 Å². The topological polar surface area (TPSA) is 44.0 Å². The molecule has 0 aromatic heterocycles. The molecule has 0 unspecified atom stereocenters. The van der Waals surface area contributed by atoms with Crippen LogP contribution in [0.5, 0.6) is 0 Å². The summed E-state index contributed by atoms with van der Waals surface area (Å²) < 4.78 is 0. The van der Waals surface area contributed by atoms with E-state index in [-0.39, 0.29) is 5.92 Å². The summed E-state index contributed by atoms with van der Waals surface area (Å²) in [6, 6.07) is 2.03. The number of hydrogen-bond donors (Lipinski definition) is 1. The summed E-state index contributed by atoms with van der Waals surface area (Å²) in [5.41, 5.74) is -0.990. The van der Waals surface area contributed by atoms with Gasteiger partial charge in [-0.3, -0.25) is 0 Å². The lowest BCUT2D eigenvalue weighted by molar-refractivity contribution is 0.0547. The van der Waals surface area contributed by atoms with Crippen molar-refractivity contribution in [2.45, 2.75) is 44.6 Å². The van der Waals surface area contributed by atoms with Gasteiger partial charge in [0, 0.05) is 5.92 Å². The molecule has 0 heterocycles. The Hall–Kier alpha value is -0.550. The van der Waals surface area contributed by atoms with Crippen LogP contribution in [0.3, 0.4) is 0 Å². The predicted molar refractivity (Wildman–Crippen MR) is 42.8 cm³/mol. The lowest BCUT2D eigenvalue weighted by Gasteiger charge is -2.21. The summed E-state index contributed by atoms with van der Waals surface area (Å²) in [4.78, 5) is 0. The highest BCUT2D eigenvalue weighted by Gasteiger charge is 2.40. The van der Waals surface area contributed by atoms with E-state index >= 15 is 0 Å². The fourth-order valence-corrected chi connectivity index (χ4v) is 1.94. The molecule has 0 aromatic rings. The molecule has 2 nitrogen and oxygen atoms in total. The summed E-state index contributed by atoms with van der Waals surface area (Å²) in [5.74, 6) is 0.234. The van der Waals surface area contributed by atoms with E-state index in [2.05, 4.69) is 6.92 Å². The molecule has 2 heteroatoms. The van der Waals surface area contributed by atoms with E-state index < -0.39 is 5.60 Å². The van der Waals surface area contributed by atoms with Crippen molar-refractivity contribution in [3.05, 3.63) is 0 Å². The van der Waals surface area contributed by atoms with Crippen molar-refractivity contribution in [1.29, 1.82) is 5.26 Å². The number of nitriles is 1. The minimum absolute atomic E-state index is 0.234. The summed E-state index contributed by atoms with van der Waals surface area (Å²) in [5, 5.41) is 18.5. The lowest BCUT2D eigenvalue weighted by atomic mass is 9.89. The number of hydrogen-bond acceptors (Lipinski definition) is 2. The van der Waals surface area contributed by atoms with Crippen molar-refractivity contribution in [2.24, 2.45) is 5.92 Å². The molecule has 0 saturated heterocycles. The van der Waals surface area contributed by atoms with Crippen LogP contribution >= 0.6 is 0 Å². The zero-order chi connectivity index (χ0) is 8.32. The molecule has 0 radical (unpaired) electrons. The molecule has 0 aromatic carbocycles. The van der Waals surface area contributed by atoms with Crippen LogP contribution in [-0.2, 0) is 0 Å². The third-order valence-electron chi connectivity index (χ3n) is 2.62. The van der Waals surface area contributed by atoms with Gasteiger partial charge in [0.05, 0.1) is 6.07 Å². The third-order valence-corrected chi connectivity index (χ3v) is 2.62. The quantitative estimate of drug-likeness (QED) is 0.615. The van der Waals surface area contributed by atoms with Crippen LogP contribution in [0.2, 0.25) is 0 Å². The molecule has 0 amide bonds. The molecule has 62 valence electrons. The number of rotatable bonds is 2. The molecule has 1 saturated carbocycles. The summed E-state index contributed by atoms with van der Waals surface area (Å²) in [6.45, 7) is 2.09. The Morgan fingerprint density at radius 1 is 1.73 bits per heavy atom. The van der Waals surface area contributed by atoms with E-state index in [1.165, 1.54) is 0 Å². The van der Waals surface area contributed by atoms with Crippen LogP contribution in [0, 0.1) is 17.2 Å². The molecular formula is C9H15NO. The predicted octanol–water partition coefficient (Wildman–Crippen LogP) is 1.84. The minimum atomic E-state index is -0.990. The van der Waals surface area contributed by atoms with Crippen LogP contribution in [0.4, 0.5) is 0 Å². The van der Waals surface area contributed by atoms with Gasteiger partial charge in [-0.05, 0) is 25.7 Å². The molecule has 1 aliphatic rings. The normalized spacial score (nSPS) is 37.0. The Morgan fingerprint density at radius 3 is 3.00 bits per heavy atom. The molecule has 1 N–H and O–H groups in total. The molecule has 11 heavy (non-hydrogen) atoms. The lowest BCUT2D eigenvalue weighted by Crippen LogP contribution is -2.30. The molecule has 1 rings (SSSR count). The minimum Gasteiger partial charge on any atom is -0.375 e. The van der Waals surface area contributed by atoms with Gasteiger partial charge in [0.15, 0.2) is 5.60 Å². The first-order valence-corrected chi connectivity index (χ1v) is 4.36. The summed E-state index contributed by atoms with van der Waals surface area (Å²) in [7, 11) is 0. The smallest absolute Gasteiger partial charge is 0.153 e. The van der Waals surface area contributed by atoms with Gasteiger partial charge < -0.3 is 5.11 Å². The second-order valence-corrected chi connectivity index (χ2v) is 3.41. The Kier molecular flexibility index (Phi) is 2.51. The fourth-order valence-electron chi connectivity index (χ4n) is 1.94. The van der Waals surface area contributed by atoms with Crippen molar-refractivity contribution >= 4 is 0 Å². The Bertz CT molecular complexity index is 173. The zero-order valence-corrected chi connectivity index (χ0v) is 7.01. The first-order valence-electron chi connectivity index (χ1n) is 4.36. The summed E-state index contributed by atoms with van der Waals surface area (Å²) in [6.07, 6.45) is 4.76. The molecule has 1 aliphatic carbocycles. The van der Waals surface area contributed by atoms with Crippen molar-refractivity contribution in [3.63, 3.8) is 0 Å². The fraction of sp³-hybridized carbons (Fsp3) is 0.889. The Balaban J connectivity index is 2.59. The average Bonchev–Trinajstić information content (AvgIpc) is 2.35. The largest absolute Gasteiger partial charge is 0.375 e. The van der Waals surface area contributed by atoms with Gasteiger partial charge in [0.1, 0.15) is 0 Å². The maximum atomic E-state index is 9.73. The molecular weight excluding hydrogens is 138 g/mol. The highest BCUT2D eigenvalue weighted by atomic mass is 16.3. The van der Waals surface area contributed by atoms with Crippen LogP contribution in [0.25, 0.3) is 0 Å². The van der Waals surface area contributed by atoms with Gasteiger partial charge in [0.2, 0.25) is 0 Å². The van der Waals surface area contributed by atoms with Gasteiger partial charge in [-0.2, -0.15) is 5.26 Å². The standard InChI is InChI=1S/C9H15NO/c1-2-4-8-5-3-6-9(8,11)7-10/h8,11H,2-6H2,1H3/t8-,9+/m0/s1. The van der Waals surface area contributed by atoms with Gasteiger partial charge in [0.25, 0.3) is 0 Å². The van der Waals surface area contributed by atoms with Gasteiger partial charge in [-0.25, -0.2) is 0 Å². The van der Waals surface area contributed by atoms with Crippen molar-refractivity contribution in [3.8, 4) is 6.07 Å². The average molecular weight is 153 g/mol. The molecule has 0 spiro atoms. The van der Waals surface area contributed by atoms with Crippen molar-refractivity contribution in [2.75, 3.05) is 0 Å². The molecule has 0 bridgehead atoms. The number of aliphatic hydroxyl groups is 1. The van der Waals surface area contributed by atoms with E-state index in [1.54, 1.807) is 0 Å². The highest BCUT2D eigenvalue weighted by Crippen LogP contribution is 2.37. The van der Waals surface area contributed by atoms with Crippen LogP contribution < -0.4 is 0 Å². The van der Waals surface area contributed by atoms with Gasteiger partial charge in [-0.1, -0.05) is 13.3 Å². The maximum Gasteiger partial charge on any atom is 0.153 e. The SMILES string of the molecule is CCC[C@H]1CCC[C@@]1(O)C#N. The monoisotopic (exact) mass is 153 g/mol. The Labute approximate surface area is 67.8 Å². The molecule has 0 aliphatic heterocycles.